The van der Waals surface area contributed by atoms with Crippen LogP contribution in [0, 0.1) is 5.92 Å². The molecule has 1 unspecified atom stereocenters. The van der Waals surface area contributed by atoms with Gasteiger partial charge in [-0.1, -0.05) is 12.1 Å². The van der Waals surface area contributed by atoms with Gasteiger partial charge in [0.05, 0.1) is 12.8 Å². The summed E-state index contributed by atoms with van der Waals surface area (Å²) in [6.45, 7) is 1.82. The van der Waals surface area contributed by atoms with Crippen LogP contribution in [0.1, 0.15) is 40.9 Å². The minimum atomic E-state index is 0.0337. The van der Waals surface area contributed by atoms with Crippen molar-refractivity contribution in [2.45, 2.75) is 32.3 Å². The maximum Gasteiger partial charge on any atom is 0.253 e. The molecule has 1 aromatic carbocycles. The van der Waals surface area contributed by atoms with Crippen LogP contribution < -0.4 is 9.47 Å². The first-order valence-corrected chi connectivity index (χ1v) is 12.1. The van der Waals surface area contributed by atoms with Gasteiger partial charge >= 0.3 is 0 Å². The number of methoxy groups -OCH3 is 1. The lowest BCUT2D eigenvalue weighted by atomic mass is 9.93. The van der Waals surface area contributed by atoms with Crippen LogP contribution in [-0.4, -0.2) is 45.4 Å². The highest BCUT2D eigenvalue weighted by molar-refractivity contribution is 5.95. The molecule has 1 atom stereocenters. The van der Waals surface area contributed by atoms with E-state index in [1.807, 2.05) is 47.8 Å². The second-order valence-corrected chi connectivity index (χ2v) is 8.96. The number of carbonyl (C=O) groups is 1. The van der Waals surface area contributed by atoms with Crippen LogP contribution in [0.5, 0.6) is 11.5 Å². The highest BCUT2D eigenvalue weighted by Crippen LogP contribution is 2.30. The van der Waals surface area contributed by atoms with E-state index in [9.17, 15) is 4.79 Å². The number of carbonyl (C=O) groups excluding carboxylic acids is 1. The lowest BCUT2D eigenvalue weighted by molar-refractivity contribution is 0.0759. The van der Waals surface area contributed by atoms with Crippen LogP contribution in [0.3, 0.4) is 0 Å². The zero-order valence-electron chi connectivity index (χ0n) is 20.0. The van der Waals surface area contributed by atoms with E-state index in [1.54, 1.807) is 25.4 Å². The molecule has 1 saturated heterocycles. The molecule has 1 fully saturated rings. The molecule has 1 aliphatic rings. The Morgan fingerprint density at radius 1 is 1.00 bits per heavy atom. The number of likely N-dealkylation sites (tertiary alicyclic amines) is 1. The second-order valence-electron chi connectivity index (χ2n) is 8.96. The maximum absolute atomic E-state index is 13.4. The molecule has 0 bridgehead atoms. The van der Waals surface area contributed by atoms with E-state index in [1.165, 1.54) is 5.56 Å². The number of aromatic nitrogens is 3. The van der Waals surface area contributed by atoms with Crippen LogP contribution in [0.15, 0.2) is 73.3 Å². The molecule has 0 saturated carbocycles. The van der Waals surface area contributed by atoms with Gasteiger partial charge in [-0.05, 0) is 73.6 Å². The van der Waals surface area contributed by atoms with Crippen molar-refractivity contribution in [3.63, 3.8) is 0 Å². The minimum absolute atomic E-state index is 0.0337. The number of hydrogen-bond acceptors (Lipinski definition) is 5. The number of rotatable bonds is 7. The summed E-state index contributed by atoms with van der Waals surface area (Å²) < 4.78 is 13.5. The third-order valence-electron chi connectivity index (χ3n) is 6.66. The largest absolute Gasteiger partial charge is 0.493 e. The monoisotopic (exact) mass is 470 g/mol. The third kappa shape index (κ3) is 5.29. The van der Waals surface area contributed by atoms with E-state index in [0.717, 1.165) is 50.1 Å². The van der Waals surface area contributed by atoms with Gasteiger partial charge in [0.2, 0.25) is 0 Å². The van der Waals surface area contributed by atoms with Gasteiger partial charge in [0.15, 0.2) is 11.5 Å². The fourth-order valence-electron chi connectivity index (χ4n) is 4.79. The van der Waals surface area contributed by atoms with Crippen molar-refractivity contribution in [3.8, 4) is 11.5 Å². The smallest absolute Gasteiger partial charge is 0.253 e. The molecule has 1 aliphatic heterocycles. The zero-order chi connectivity index (χ0) is 24.0. The van der Waals surface area contributed by atoms with Gasteiger partial charge in [-0.25, -0.2) is 4.98 Å². The first kappa shape index (κ1) is 22.9. The summed E-state index contributed by atoms with van der Waals surface area (Å²) in [7, 11) is 1.60. The Morgan fingerprint density at radius 3 is 2.80 bits per heavy atom. The summed E-state index contributed by atoms with van der Waals surface area (Å²) in [6, 6.07) is 15.3. The Labute approximate surface area is 205 Å². The molecule has 1 amide bonds. The molecule has 35 heavy (non-hydrogen) atoms. The average Bonchev–Trinajstić information content (AvgIpc) is 3.27. The summed E-state index contributed by atoms with van der Waals surface area (Å²) in [4.78, 5) is 24.2. The van der Waals surface area contributed by atoms with Crippen molar-refractivity contribution >= 4 is 11.6 Å². The number of imidazole rings is 1. The molecule has 5 rings (SSSR count). The molecule has 7 heteroatoms. The van der Waals surface area contributed by atoms with Gasteiger partial charge in [-0.15, -0.1) is 0 Å². The Balaban J connectivity index is 1.24. The van der Waals surface area contributed by atoms with Gasteiger partial charge in [0, 0.05) is 43.4 Å². The lowest BCUT2D eigenvalue weighted by Gasteiger charge is -2.21. The first-order valence-electron chi connectivity index (χ1n) is 12.1. The van der Waals surface area contributed by atoms with Crippen molar-refractivity contribution in [1.29, 1.82) is 0 Å². The molecule has 0 spiro atoms. The SMILES string of the molecule is COc1ccc(C(=O)N2CCCC(Cc3cccn4ccnc34)CC2)cc1OCc1ccccn1. The molecular formula is C28H30N4O3. The molecule has 4 aromatic rings. The summed E-state index contributed by atoms with van der Waals surface area (Å²) in [6.07, 6.45) is 11.6. The quantitative estimate of drug-likeness (QED) is 0.388. The molecule has 0 N–H and O–H groups in total. The van der Waals surface area contributed by atoms with Crippen molar-refractivity contribution < 1.29 is 14.3 Å². The van der Waals surface area contributed by atoms with Gasteiger partial charge in [0.1, 0.15) is 12.3 Å². The summed E-state index contributed by atoms with van der Waals surface area (Å²) in [5.74, 6) is 1.71. The van der Waals surface area contributed by atoms with Crippen LogP contribution in [0.4, 0.5) is 0 Å². The van der Waals surface area contributed by atoms with Crippen LogP contribution in [0.2, 0.25) is 0 Å². The Bertz CT molecular complexity index is 1290. The number of hydrogen-bond donors (Lipinski definition) is 0. The maximum atomic E-state index is 13.4. The van der Waals surface area contributed by atoms with E-state index < -0.39 is 0 Å². The highest BCUT2D eigenvalue weighted by Gasteiger charge is 2.23. The van der Waals surface area contributed by atoms with E-state index >= 15 is 0 Å². The van der Waals surface area contributed by atoms with E-state index in [2.05, 4.69) is 26.5 Å². The van der Waals surface area contributed by atoms with E-state index in [-0.39, 0.29) is 5.91 Å². The van der Waals surface area contributed by atoms with Gasteiger partial charge in [-0.3, -0.25) is 9.78 Å². The van der Waals surface area contributed by atoms with Crippen molar-refractivity contribution in [2.24, 2.45) is 5.92 Å². The predicted octanol–water partition coefficient (Wildman–Crippen LogP) is 4.80. The second kappa shape index (κ2) is 10.6. The van der Waals surface area contributed by atoms with Crippen molar-refractivity contribution in [2.75, 3.05) is 20.2 Å². The van der Waals surface area contributed by atoms with Gasteiger partial charge in [0.25, 0.3) is 5.91 Å². The average molecular weight is 471 g/mol. The fourth-order valence-corrected chi connectivity index (χ4v) is 4.79. The number of amides is 1. The number of ether oxygens (including phenoxy) is 2. The van der Waals surface area contributed by atoms with Crippen LogP contribution >= 0.6 is 0 Å². The number of fused-ring (bicyclic) bond motifs is 1. The topological polar surface area (TPSA) is 69.0 Å². The molecule has 7 nitrogen and oxygen atoms in total. The van der Waals surface area contributed by atoms with E-state index in [4.69, 9.17) is 9.47 Å². The summed E-state index contributed by atoms with van der Waals surface area (Å²) >= 11 is 0. The number of nitrogens with zero attached hydrogens (tertiary/aromatic N) is 4. The zero-order valence-corrected chi connectivity index (χ0v) is 20.0. The van der Waals surface area contributed by atoms with Crippen molar-refractivity contribution in [3.05, 3.63) is 90.1 Å². The first-order chi connectivity index (χ1) is 17.2. The minimum Gasteiger partial charge on any atom is -0.493 e. The molecule has 3 aromatic heterocycles. The van der Waals surface area contributed by atoms with E-state index in [0.29, 0.717) is 29.6 Å². The predicted molar refractivity (Wildman–Crippen MR) is 134 cm³/mol. The number of pyridine rings is 2. The molecule has 180 valence electrons. The molecule has 4 heterocycles. The molecule has 0 radical (unpaired) electrons. The lowest BCUT2D eigenvalue weighted by Crippen LogP contribution is -2.32. The van der Waals surface area contributed by atoms with Crippen LogP contribution in [0.25, 0.3) is 5.65 Å². The Kier molecular flexibility index (Phi) is 6.93. The fraction of sp³-hybridized carbons (Fsp3) is 0.321. The standard InChI is InChI=1S/C28H30N4O3/c1-34-25-10-9-23(19-26(25)35-20-24-8-2-3-12-29-24)28(33)32-15-4-6-21(11-16-32)18-22-7-5-14-31-17-13-30-27(22)31/h2-3,5,7-10,12-14,17,19,21H,4,6,11,15-16,18,20H2,1H3. The normalized spacial score (nSPS) is 16.1. The Hall–Kier alpha value is -3.87. The molecular weight excluding hydrogens is 440 g/mol. The Morgan fingerprint density at radius 2 is 1.94 bits per heavy atom. The van der Waals surface area contributed by atoms with Crippen LogP contribution in [-0.2, 0) is 13.0 Å². The molecule has 0 aliphatic carbocycles. The van der Waals surface area contributed by atoms with Gasteiger partial charge in [-0.2, -0.15) is 0 Å². The summed E-state index contributed by atoms with van der Waals surface area (Å²) in [5.41, 5.74) is 3.73. The summed E-state index contributed by atoms with van der Waals surface area (Å²) in [5, 5.41) is 0. The number of benzene rings is 1. The van der Waals surface area contributed by atoms with Gasteiger partial charge < -0.3 is 18.8 Å². The third-order valence-corrected chi connectivity index (χ3v) is 6.66. The van der Waals surface area contributed by atoms with Crippen molar-refractivity contribution in [1.82, 2.24) is 19.3 Å². The highest BCUT2D eigenvalue weighted by atomic mass is 16.5.